The van der Waals surface area contributed by atoms with Crippen LogP contribution in [0.2, 0.25) is 0 Å². The first-order chi connectivity index (χ1) is 8.13. The van der Waals surface area contributed by atoms with Crippen LogP contribution in [0.3, 0.4) is 0 Å². The van der Waals surface area contributed by atoms with Gasteiger partial charge in [-0.05, 0) is 25.2 Å². The third kappa shape index (κ3) is 2.40. The van der Waals surface area contributed by atoms with Gasteiger partial charge in [-0.15, -0.1) is 0 Å². The molecule has 1 heterocycles. The molecule has 4 nitrogen and oxygen atoms in total. The molecule has 4 heteroatoms. The molecule has 1 aliphatic rings. The Bertz CT molecular complexity index is 383. The minimum Gasteiger partial charge on any atom is -0.394 e. The Morgan fingerprint density at radius 3 is 2.82 bits per heavy atom. The summed E-state index contributed by atoms with van der Waals surface area (Å²) in [5.74, 6) is 1.74. The molecule has 0 bridgehead atoms. The predicted molar refractivity (Wildman–Crippen MR) is 72.0 cm³/mol. The molecule has 0 radical (unpaired) electrons. The SMILES string of the molecule is CCCc1nn(C)c(NC2CCCC2C)c1N. The minimum atomic E-state index is 0.558. The molecular weight excluding hydrogens is 212 g/mol. The van der Waals surface area contributed by atoms with Gasteiger partial charge in [-0.1, -0.05) is 26.7 Å². The van der Waals surface area contributed by atoms with Crippen LogP contribution in [-0.4, -0.2) is 15.8 Å². The second-order valence-electron chi connectivity index (χ2n) is 5.24. The summed E-state index contributed by atoms with van der Waals surface area (Å²) >= 11 is 0. The Labute approximate surface area is 104 Å². The van der Waals surface area contributed by atoms with Crippen LogP contribution in [0.15, 0.2) is 0 Å². The summed E-state index contributed by atoms with van der Waals surface area (Å²) in [4.78, 5) is 0. The fourth-order valence-corrected chi connectivity index (χ4v) is 2.72. The second kappa shape index (κ2) is 4.98. The van der Waals surface area contributed by atoms with Gasteiger partial charge in [-0.3, -0.25) is 4.68 Å². The van der Waals surface area contributed by atoms with E-state index < -0.39 is 0 Å². The molecule has 1 fully saturated rings. The first-order valence-corrected chi connectivity index (χ1v) is 6.71. The maximum Gasteiger partial charge on any atom is 0.148 e. The number of hydrogen-bond donors (Lipinski definition) is 2. The van der Waals surface area contributed by atoms with Gasteiger partial charge in [0.15, 0.2) is 0 Å². The first-order valence-electron chi connectivity index (χ1n) is 6.71. The van der Waals surface area contributed by atoms with Gasteiger partial charge in [-0.25, -0.2) is 0 Å². The van der Waals surface area contributed by atoms with E-state index >= 15 is 0 Å². The highest BCUT2D eigenvalue weighted by Gasteiger charge is 2.25. The van der Waals surface area contributed by atoms with Crippen LogP contribution in [0, 0.1) is 5.92 Å². The molecule has 2 rings (SSSR count). The molecule has 0 aromatic carbocycles. The monoisotopic (exact) mass is 236 g/mol. The lowest BCUT2D eigenvalue weighted by atomic mass is 10.1. The number of aryl methyl sites for hydroxylation is 2. The Kier molecular flexibility index (Phi) is 3.60. The molecule has 1 aromatic rings. The minimum absolute atomic E-state index is 0.558. The lowest BCUT2D eigenvalue weighted by Gasteiger charge is -2.19. The van der Waals surface area contributed by atoms with E-state index in [9.17, 15) is 0 Å². The van der Waals surface area contributed by atoms with Crippen molar-refractivity contribution >= 4 is 11.5 Å². The molecule has 2 atom stereocenters. The van der Waals surface area contributed by atoms with Crippen LogP contribution in [0.5, 0.6) is 0 Å². The lowest BCUT2D eigenvalue weighted by Crippen LogP contribution is -2.23. The van der Waals surface area contributed by atoms with Crippen molar-refractivity contribution < 1.29 is 0 Å². The van der Waals surface area contributed by atoms with Gasteiger partial charge in [0.2, 0.25) is 0 Å². The van der Waals surface area contributed by atoms with Crippen molar-refractivity contribution in [2.75, 3.05) is 11.1 Å². The molecule has 0 saturated heterocycles. The molecule has 0 amide bonds. The predicted octanol–water partition coefficient (Wildman–Crippen LogP) is 2.56. The summed E-state index contributed by atoms with van der Waals surface area (Å²) in [7, 11) is 1.97. The molecule has 0 spiro atoms. The number of nitrogens with two attached hydrogens (primary N) is 1. The van der Waals surface area contributed by atoms with E-state index in [1.807, 2.05) is 11.7 Å². The highest BCUT2D eigenvalue weighted by Crippen LogP contribution is 2.31. The van der Waals surface area contributed by atoms with E-state index in [4.69, 9.17) is 5.73 Å². The molecule has 96 valence electrons. The zero-order valence-electron chi connectivity index (χ0n) is 11.2. The van der Waals surface area contributed by atoms with E-state index in [2.05, 4.69) is 24.3 Å². The molecule has 2 unspecified atom stereocenters. The van der Waals surface area contributed by atoms with E-state index in [0.717, 1.165) is 36.0 Å². The smallest absolute Gasteiger partial charge is 0.148 e. The quantitative estimate of drug-likeness (QED) is 0.844. The van der Waals surface area contributed by atoms with Gasteiger partial charge in [-0.2, -0.15) is 5.10 Å². The van der Waals surface area contributed by atoms with Crippen molar-refractivity contribution in [1.29, 1.82) is 0 Å². The van der Waals surface area contributed by atoms with Gasteiger partial charge in [0.05, 0.1) is 11.4 Å². The third-order valence-corrected chi connectivity index (χ3v) is 3.83. The number of anilines is 2. The third-order valence-electron chi connectivity index (χ3n) is 3.83. The highest BCUT2D eigenvalue weighted by atomic mass is 15.3. The Morgan fingerprint density at radius 1 is 1.47 bits per heavy atom. The number of aromatic nitrogens is 2. The van der Waals surface area contributed by atoms with Gasteiger partial charge < -0.3 is 11.1 Å². The van der Waals surface area contributed by atoms with Crippen molar-refractivity contribution in [3.8, 4) is 0 Å². The Morgan fingerprint density at radius 2 is 2.24 bits per heavy atom. The number of rotatable bonds is 4. The van der Waals surface area contributed by atoms with Crippen molar-refractivity contribution in [3.63, 3.8) is 0 Å². The average Bonchev–Trinajstić information content (AvgIpc) is 2.79. The van der Waals surface area contributed by atoms with Gasteiger partial charge in [0.25, 0.3) is 0 Å². The first kappa shape index (κ1) is 12.3. The number of nitrogens with zero attached hydrogens (tertiary/aromatic N) is 2. The summed E-state index contributed by atoms with van der Waals surface area (Å²) in [6, 6.07) is 0.558. The van der Waals surface area contributed by atoms with E-state index in [1.165, 1.54) is 19.3 Å². The van der Waals surface area contributed by atoms with Crippen molar-refractivity contribution in [2.24, 2.45) is 13.0 Å². The fraction of sp³-hybridized carbons (Fsp3) is 0.769. The molecular formula is C13H24N4. The maximum atomic E-state index is 6.17. The van der Waals surface area contributed by atoms with E-state index in [0.29, 0.717) is 6.04 Å². The molecule has 1 saturated carbocycles. The molecule has 0 aliphatic heterocycles. The summed E-state index contributed by atoms with van der Waals surface area (Å²) in [5.41, 5.74) is 8.04. The van der Waals surface area contributed by atoms with E-state index in [1.54, 1.807) is 0 Å². The van der Waals surface area contributed by atoms with Crippen molar-refractivity contribution in [1.82, 2.24) is 9.78 Å². The summed E-state index contributed by atoms with van der Waals surface area (Å²) in [6.45, 7) is 4.46. The number of nitrogens with one attached hydrogen (secondary N) is 1. The highest BCUT2D eigenvalue weighted by molar-refractivity contribution is 5.65. The lowest BCUT2D eigenvalue weighted by molar-refractivity contribution is 0.551. The average molecular weight is 236 g/mol. The van der Waals surface area contributed by atoms with E-state index in [-0.39, 0.29) is 0 Å². The number of hydrogen-bond acceptors (Lipinski definition) is 3. The fourth-order valence-electron chi connectivity index (χ4n) is 2.72. The van der Waals surface area contributed by atoms with Gasteiger partial charge in [0, 0.05) is 13.1 Å². The van der Waals surface area contributed by atoms with Crippen LogP contribution < -0.4 is 11.1 Å². The van der Waals surface area contributed by atoms with Crippen LogP contribution in [0.1, 0.15) is 45.2 Å². The van der Waals surface area contributed by atoms with Crippen molar-refractivity contribution in [3.05, 3.63) is 5.69 Å². The largest absolute Gasteiger partial charge is 0.394 e. The maximum absolute atomic E-state index is 6.17. The summed E-state index contributed by atoms with van der Waals surface area (Å²) < 4.78 is 1.89. The van der Waals surface area contributed by atoms with Crippen molar-refractivity contribution in [2.45, 2.75) is 52.0 Å². The summed E-state index contributed by atoms with van der Waals surface area (Å²) in [5, 5.41) is 8.08. The molecule has 3 N–H and O–H groups in total. The Balaban J connectivity index is 2.14. The molecule has 17 heavy (non-hydrogen) atoms. The molecule has 1 aliphatic carbocycles. The van der Waals surface area contributed by atoms with Gasteiger partial charge >= 0.3 is 0 Å². The zero-order valence-corrected chi connectivity index (χ0v) is 11.2. The van der Waals surface area contributed by atoms with Crippen LogP contribution in [-0.2, 0) is 13.5 Å². The topological polar surface area (TPSA) is 55.9 Å². The molecule has 1 aromatic heterocycles. The van der Waals surface area contributed by atoms with Crippen LogP contribution in [0.25, 0.3) is 0 Å². The number of nitrogen functional groups attached to an aromatic ring is 1. The normalized spacial score (nSPS) is 24.2. The zero-order chi connectivity index (χ0) is 12.4. The standard InChI is InChI=1S/C13H24N4/c1-4-6-11-12(14)13(17(3)16-11)15-10-8-5-7-9(10)2/h9-10,15H,4-8,14H2,1-3H3. The van der Waals surface area contributed by atoms with Crippen LogP contribution >= 0.6 is 0 Å². The summed E-state index contributed by atoms with van der Waals surface area (Å²) in [6.07, 6.45) is 5.92. The second-order valence-corrected chi connectivity index (χ2v) is 5.24. The van der Waals surface area contributed by atoms with Gasteiger partial charge in [0.1, 0.15) is 5.82 Å². The van der Waals surface area contributed by atoms with Crippen LogP contribution in [0.4, 0.5) is 11.5 Å². The Hall–Kier alpha value is -1.19.